The van der Waals surface area contributed by atoms with E-state index in [2.05, 4.69) is 4.74 Å². The molecular formula is C12H13ClO3S. The third-order valence-electron chi connectivity index (χ3n) is 2.13. The van der Waals surface area contributed by atoms with Gasteiger partial charge in [0.1, 0.15) is 0 Å². The molecule has 0 unspecified atom stereocenters. The van der Waals surface area contributed by atoms with Crippen LogP contribution < -0.4 is 0 Å². The third kappa shape index (κ3) is 4.40. The van der Waals surface area contributed by atoms with Crippen molar-refractivity contribution in [3.05, 3.63) is 28.8 Å². The number of hydrogen-bond acceptors (Lipinski definition) is 4. The fourth-order valence-corrected chi connectivity index (χ4v) is 2.38. The number of hydrogen-bond donors (Lipinski definition) is 0. The van der Waals surface area contributed by atoms with E-state index in [0.717, 1.165) is 4.90 Å². The Bertz CT molecular complexity index is 432. The van der Waals surface area contributed by atoms with E-state index >= 15 is 0 Å². The van der Waals surface area contributed by atoms with E-state index in [-0.39, 0.29) is 11.8 Å². The summed E-state index contributed by atoms with van der Waals surface area (Å²) in [7, 11) is 1.36. The van der Waals surface area contributed by atoms with Gasteiger partial charge in [-0.25, -0.2) is 0 Å². The normalized spacial score (nSPS) is 10.1. The van der Waals surface area contributed by atoms with Gasteiger partial charge in [-0.3, -0.25) is 9.59 Å². The van der Waals surface area contributed by atoms with Crippen LogP contribution >= 0.6 is 23.4 Å². The minimum absolute atomic E-state index is 0.0157. The predicted molar refractivity (Wildman–Crippen MR) is 68.8 cm³/mol. The average molecular weight is 273 g/mol. The molecule has 0 N–H and O–H groups in total. The first-order valence-corrected chi connectivity index (χ1v) is 6.41. The van der Waals surface area contributed by atoms with Crippen LogP contribution in [0.2, 0.25) is 5.02 Å². The van der Waals surface area contributed by atoms with Gasteiger partial charge in [-0.1, -0.05) is 17.7 Å². The van der Waals surface area contributed by atoms with Gasteiger partial charge in [-0.05, 0) is 19.1 Å². The summed E-state index contributed by atoms with van der Waals surface area (Å²) in [6.45, 7) is 1.50. The maximum atomic E-state index is 11.1. The molecule has 0 aromatic heterocycles. The lowest BCUT2D eigenvalue weighted by Gasteiger charge is -2.05. The Balaban J connectivity index is 2.60. The fourth-order valence-electron chi connectivity index (χ4n) is 1.18. The highest BCUT2D eigenvalue weighted by Gasteiger charge is 2.07. The molecule has 0 aliphatic carbocycles. The number of carbonyl (C=O) groups excluding carboxylic acids is 2. The Morgan fingerprint density at radius 1 is 1.41 bits per heavy atom. The summed E-state index contributed by atoms with van der Waals surface area (Å²) in [5.74, 6) is 0.346. The van der Waals surface area contributed by atoms with Crippen molar-refractivity contribution >= 4 is 35.1 Å². The lowest BCUT2D eigenvalue weighted by Crippen LogP contribution is -2.01. The maximum absolute atomic E-state index is 11.1. The van der Waals surface area contributed by atoms with Crippen molar-refractivity contribution in [3.8, 4) is 0 Å². The molecule has 1 aromatic carbocycles. The number of ether oxygens (including phenoxy) is 1. The van der Waals surface area contributed by atoms with Crippen LogP contribution in [-0.4, -0.2) is 24.6 Å². The first-order chi connectivity index (χ1) is 8.04. The van der Waals surface area contributed by atoms with Crippen LogP contribution in [0.5, 0.6) is 0 Å². The van der Waals surface area contributed by atoms with Crippen molar-refractivity contribution in [2.75, 3.05) is 12.9 Å². The Morgan fingerprint density at radius 3 is 2.65 bits per heavy atom. The molecule has 92 valence electrons. The zero-order valence-electron chi connectivity index (χ0n) is 9.66. The van der Waals surface area contributed by atoms with Crippen LogP contribution in [0.1, 0.15) is 23.7 Å². The first kappa shape index (κ1) is 14.1. The van der Waals surface area contributed by atoms with E-state index in [9.17, 15) is 9.59 Å². The van der Waals surface area contributed by atoms with Crippen LogP contribution in [0.3, 0.4) is 0 Å². The molecule has 0 aliphatic rings. The molecule has 0 atom stereocenters. The van der Waals surface area contributed by atoms with Crippen molar-refractivity contribution in [2.45, 2.75) is 18.2 Å². The van der Waals surface area contributed by atoms with Crippen molar-refractivity contribution < 1.29 is 14.3 Å². The number of thioether (sulfide) groups is 1. The maximum Gasteiger partial charge on any atom is 0.306 e. The number of rotatable bonds is 5. The largest absolute Gasteiger partial charge is 0.469 e. The molecule has 0 amide bonds. The van der Waals surface area contributed by atoms with Crippen LogP contribution in [0.4, 0.5) is 0 Å². The molecule has 17 heavy (non-hydrogen) atoms. The smallest absolute Gasteiger partial charge is 0.306 e. The molecular weight excluding hydrogens is 260 g/mol. The topological polar surface area (TPSA) is 43.4 Å². The predicted octanol–water partition coefficient (Wildman–Crippen LogP) is 3.20. The SMILES string of the molecule is COC(=O)CCSc1ccc(C(C)=O)cc1Cl. The Hall–Kier alpha value is -1.00. The van der Waals surface area contributed by atoms with Crippen molar-refractivity contribution in [1.29, 1.82) is 0 Å². The number of halogens is 1. The number of esters is 1. The zero-order chi connectivity index (χ0) is 12.8. The van der Waals surface area contributed by atoms with Crippen LogP contribution in [0.25, 0.3) is 0 Å². The molecule has 0 saturated heterocycles. The van der Waals surface area contributed by atoms with E-state index < -0.39 is 0 Å². The van der Waals surface area contributed by atoms with Gasteiger partial charge in [0.05, 0.1) is 18.6 Å². The van der Waals surface area contributed by atoms with E-state index in [4.69, 9.17) is 11.6 Å². The number of methoxy groups -OCH3 is 1. The molecule has 0 aliphatic heterocycles. The van der Waals surface area contributed by atoms with Gasteiger partial charge in [0.15, 0.2) is 5.78 Å². The van der Waals surface area contributed by atoms with E-state index in [0.29, 0.717) is 22.8 Å². The number of benzene rings is 1. The van der Waals surface area contributed by atoms with Crippen LogP contribution in [0.15, 0.2) is 23.1 Å². The van der Waals surface area contributed by atoms with Gasteiger partial charge in [0.25, 0.3) is 0 Å². The molecule has 1 aromatic rings. The second-order valence-electron chi connectivity index (χ2n) is 3.38. The molecule has 0 bridgehead atoms. The number of ketones is 1. The molecule has 0 saturated carbocycles. The minimum atomic E-state index is -0.242. The van der Waals surface area contributed by atoms with Gasteiger partial charge in [-0.2, -0.15) is 0 Å². The highest BCUT2D eigenvalue weighted by Crippen LogP contribution is 2.28. The molecule has 0 fully saturated rings. The quantitative estimate of drug-likeness (QED) is 0.469. The summed E-state index contributed by atoms with van der Waals surface area (Å²) in [6, 6.07) is 5.17. The lowest BCUT2D eigenvalue weighted by atomic mass is 10.1. The molecule has 0 spiro atoms. The Labute approximate surface area is 109 Å². The van der Waals surface area contributed by atoms with Crippen molar-refractivity contribution in [3.63, 3.8) is 0 Å². The van der Waals surface area contributed by atoms with E-state index in [1.807, 2.05) is 0 Å². The Kier molecular flexibility index (Phi) is 5.51. The Morgan fingerprint density at radius 2 is 2.12 bits per heavy atom. The molecule has 3 nitrogen and oxygen atoms in total. The van der Waals surface area contributed by atoms with Crippen LogP contribution in [0, 0.1) is 0 Å². The van der Waals surface area contributed by atoms with E-state index in [1.54, 1.807) is 18.2 Å². The van der Waals surface area contributed by atoms with Gasteiger partial charge in [0, 0.05) is 16.2 Å². The second-order valence-corrected chi connectivity index (χ2v) is 4.92. The standard InChI is InChI=1S/C12H13ClO3S/c1-8(14)9-3-4-11(10(13)7-9)17-6-5-12(15)16-2/h3-4,7H,5-6H2,1-2H3. The zero-order valence-corrected chi connectivity index (χ0v) is 11.2. The third-order valence-corrected chi connectivity index (χ3v) is 3.63. The molecule has 0 heterocycles. The summed E-state index contributed by atoms with van der Waals surface area (Å²) >= 11 is 7.50. The first-order valence-electron chi connectivity index (χ1n) is 5.04. The molecule has 1 rings (SSSR count). The minimum Gasteiger partial charge on any atom is -0.469 e. The lowest BCUT2D eigenvalue weighted by molar-refractivity contribution is -0.140. The second kappa shape index (κ2) is 6.67. The summed E-state index contributed by atoms with van der Waals surface area (Å²) < 4.78 is 4.54. The average Bonchev–Trinajstić information content (AvgIpc) is 2.30. The fraction of sp³-hybridized carbons (Fsp3) is 0.333. The number of Topliss-reactive ketones (excluding diaryl/α,β-unsaturated/α-hetero) is 1. The molecule has 5 heteroatoms. The van der Waals surface area contributed by atoms with Gasteiger partial charge in [0.2, 0.25) is 0 Å². The highest BCUT2D eigenvalue weighted by atomic mass is 35.5. The van der Waals surface area contributed by atoms with Gasteiger partial charge < -0.3 is 4.74 Å². The van der Waals surface area contributed by atoms with Gasteiger partial charge in [-0.15, -0.1) is 11.8 Å². The van der Waals surface area contributed by atoms with Crippen molar-refractivity contribution in [2.24, 2.45) is 0 Å². The summed E-state index contributed by atoms with van der Waals surface area (Å²) in [5.41, 5.74) is 0.590. The summed E-state index contributed by atoms with van der Waals surface area (Å²) in [5, 5.41) is 0.535. The highest BCUT2D eigenvalue weighted by molar-refractivity contribution is 7.99. The number of carbonyl (C=O) groups is 2. The van der Waals surface area contributed by atoms with Crippen LogP contribution in [-0.2, 0) is 9.53 Å². The summed E-state index contributed by atoms with van der Waals surface area (Å²) in [4.78, 5) is 22.9. The molecule has 0 radical (unpaired) electrons. The van der Waals surface area contributed by atoms with Crippen molar-refractivity contribution in [1.82, 2.24) is 0 Å². The monoisotopic (exact) mass is 272 g/mol. The van der Waals surface area contributed by atoms with Gasteiger partial charge >= 0.3 is 5.97 Å². The van der Waals surface area contributed by atoms with E-state index in [1.165, 1.54) is 25.8 Å². The summed E-state index contributed by atoms with van der Waals surface area (Å²) in [6.07, 6.45) is 0.339.